The lowest BCUT2D eigenvalue weighted by molar-refractivity contribution is 0.0884. The summed E-state index contributed by atoms with van der Waals surface area (Å²) in [6.07, 6.45) is 6.15. The number of benzene rings is 1. The largest absolute Gasteiger partial charge is 0.284 e. The number of pyridine rings is 2. The van der Waals surface area contributed by atoms with Crippen molar-refractivity contribution in [2.75, 3.05) is 11.0 Å². The van der Waals surface area contributed by atoms with Gasteiger partial charge in [-0.1, -0.05) is 12.1 Å². The maximum atomic E-state index is 11.5. The van der Waals surface area contributed by atoms with Crippen LogP contribution >= 0.6 is 0 Å². The number of nitriles is 2. The molecule has 0 atom stereocenters. The monoisotopic (exact) mass is 483 g/mol. The first-order valence-corrected chi connectivity index (χ1v) is 12.9. The molecule has 1 aliphatic carbocycles. The molecule has 0 aliphatic heterocycles. The topological polar surface area (TPSA) is 137 Å². The van der Waals surface area contributed by atoms with E-state index < -0.39 is 15.6 Å². The van der Waals surface area contributed by atoms with Crippen molar-refractivity contribution in [2.45, 2.75) is 24.8 Å². The van der Waals surface area contributed by atoms with Crippen LogP contribution in [0.2, 0.25) is 0 Å². The molecule has 0 unspecified atom stereocenters. The second-order valence-corrected chi connectivity index (χ2v) is 10.6. The van der Waals surface area contributed by atoms with E-state index in [4.69, 9.17) is 10.1 Å². The third kappa shape index (κ3) is 4.32. The summed E-state index contributed by atoms with van der Waals surface area (Å²) in [7, 11) is -3.37. The molecule has 1 fully saturated rings. The molecule has 10 heteroatoms. The molecule has 0 spiro atoms. The highest BCUT2D eigenvalue weighted by molar-refractivity contribution is 7.92. The van der Waals surface area contributed by atoms with E-state index in [0.29, 0.717) is 35.6 Å². The smallest absolute Gasteiger partial charge is 0.229 e. The van der Waals surface area contributed by atoms with Crippen molar-refractivity contribution >= 4 is 26.6 Å². The average molecular weight is 484 g/mol. The van der Waals surface area contributed by atoms with Crippen LogP contribution in [0, 0.1) is 28.6 Å². The number of anilines is 1. The lowest BCUT2D eigenvalue weighted by atomic mass is 9.67. The molecular weight excluding hydrogens is 462 g/mol. The average Bonchev–Trinajstić information content (AvgIpc) is 3.30. The number of hydrogen-bond acceptors (Lipinski definition) is 7. The Morgan fingerprint density at radius 3 is 2.60 bits per heavy atom. The zero-order valence-corrected chi connectivity index (χ0v) is 19.7. The van der Waals surface area contributed by atoms with Gasteiger partial charge in [-0.25, -0.2) is 13.4 Å². The summed E-state index contributed by atoms with van der Waals surface area (Å²) in [6, 6.07) is 19.0. The van der Waals surface area contributed by atoms with E-state index >= 15 is 0 Å². The molecule has 1 N–H and O–H groups in total. The Kier molecular flexibility index (Phi) is 5.46. The van der Waals surface area contributed by atoms with Gasteiger partial charge in [-0.3, -0.25) is 14.4 Å². The maximum absolute atomic E-state index is 11.5. The van der Waals surface area contributed by atoms with Crippen LogP contribution in [0.4, 0.5) is 5.69 Å². The van der Waals surface area contributed by atoms with Crippen LogP contribution in [-0.2, 0) is 15.6 Å². The van der Waals surface area contributed by atoms with Crippen molar-refractivity contribution in [1.29, 1.82) is 10.5 Å². The van der Waals surface area contributed by atoms with Crippen LogP contribution in [0.25, 0.3) is 33.5 Å². The molecule has 0 saturated heterocycles. The summed E-state index contributed by atoms with van der Waals surface area (Å²) in [5.41, 5.74) is 3.53. The lowest BCUT2D eigenvalue weighted by Gasteiger charge is -2.43. The molecule has 0 radical (unpaired) electrons. The van der Waals surface area contributed by atoms with Gasteiger partial charge in [0.2, 0.25) is 10.0 Å². The van der Waals surface area contributed by atoms with Gasteiger partial charge >= 0.3 is 0 Å². The number of fused-ring (bicyclic) bond motifs is 1. The Balaban J connectivity index is 1.56. The fourth-order valence-corrected chi connectivity index (χ4v) is 5.13. The Labute approximate surface area is 202 Å². The number of aromatic nitrogens is 4. The summed E-state index contributed by atoms with van der Waals surface area (Å²) in [6.45, 7) is 0. The van der Waals surface area contributed by atoms with Crippen molar-refractivity contribution in [1.82, 2.24) is 19.7 Å². The summed E-state index contributed by atoms with van der Waals surface area (Å²) in [5.74, 6) is -0.0670. The first kappa shape index (κ1) is 22.5. The van der Waals surface area contributed by atoms with Gasteiger partial charge < -0.3 is 0 Å². The Hall–Kier alpha value is -4.28. The molecule has 9 nitrogen and oxygen atoms in total. The highest BCUT2D eigenvalue weighted by Crippen LogP contribution is 2.46. The molecule has 0 bridgehead atoms. The second kappa shape index (κ2) is 8.49. The molecule has 4 aromatic rings. The predicted octanol–water partition coefficient (Wildman–Crippen LogP) is 4.07. The molecule has 0 amide bonds. The van der Waals surface area contributed by atoms with Gasteiger partial charge in [0.15, 0.2) is 0 Å². The van der Waals surface area contributed by atoms with Gasteiger partial charge in [-0.2, -0.15) is 15.6 Å². The van der Waals surface area contributed by atoms with E-state index in [0.717, 1.165) is 22.7 Å². The van der Waals surface area contributed by atoms with E-state index in [1.165, 1.54) is 0 Å². The molecule has 1 saturated carbocycles. The standard InChI is InChI=1S/C25H21N7O2S/c1-35(33,34)31-19-6-4-18(5-7-19)22-13-23-20(3-2-11-28-23)24(29-22)21-8-12-32(30-21)25(9-10-26)14-17(15-25)16-27/h2-8,11-13,17,31H,9,14-15H2,1H3. The first-order chi connectivity index (χ1) is 16.8. The van der Waals surface area contributed by atoms with Gasteiger partial charge in [0.1, 0.15) is 11.4 Å². The van der Waals surface area contributed by atoms with Crippen molar-refractivity contribution < 1.29 is 8.42 Å². The zero-order valence-electron chi connectivity index (χ0n) is 18.9. The van der Waals surface area contributed by atoms with E-state index in [1.807, 2.05) is 35.1 Å². The number of rotatable bonds is 6. The van der Waals surface area contributed by atoms with Crippen LogP contribution in [0.1, 0.15) is 19.3 Å². The third-order valence-electron chi connectivity index (χ3n) is 6.24. The van der Waals surface area contributed by atoms with Crippen LogP contribution in [0.15, 0.2) is 60.9 Å². The molecular formula is C25H21N7O2S. The minimum absolute atomic E-state index is 0.0670. The Bertz CT molecular complexity index is 1610. The Morgan fingerprint density at radius 1 is 1.14 bits per heavy atom. The lowest BCUT2D eigenvalue weighted by Crippen LogP contribution is -2.46. The van der Waals surface area contributed by atoms with Crippen LogP contribution in [0.5, 0.6) is 0 Å². The van der Waals surface area contributed by atoms with E-state index in [9.17, 15) is 18.9 Å². The van der Waals surface area contributed by atoms with Crippen molar-refractivity contribution in [2.24, 2.45) is 5.92 Å². The quantitative estimate of drug-likeness (QED) is 0.436. The van der Waals surface area contributed by atoms with Gasteiger partial charge in [0, 0.05) is 29.0 Å². The molecule has 1 aromatic carbocycles. The number of nitrogens with one attached hydrogen (secondary N) is 1. The minimum atomic E-state index is -3.37. The van der Waals surface area contributed by atoms with E-state index in [2.05, 4.69) is 21.8 Å². The summed E-state index contributed by atoms with van der Waals surface area (Å²) < 4.78 is 27.3. The summed E-state index contributed by atoms with van der Waals surface area (Å²) in [5, 5.41) is 24.2. The van der Waals surface area contributed by atoms with E-state index in [-0.39, 0.29) is 12.3 Å². The minimum Gasteiger partial charge on any atom is -0.284 e. The van der Waals surface area contributed by atoms with Crippen LogP contribution in [0.3, 0.4) is 0 Å². The van der Waals surface area contributed by atoms with Crippen molar-refractivity contribution in [3.05, 3.63) is 60.9 Å². The normalized spacial score (nSPS) is 19.5. The van der Waals surface area contributed by atoms with E-state index in [1.54, 1.807) is 30.5 Å². The molecule has 174 valence electrons. The fourth-order valence-electron chi connectivity index (χ4n) is 4.56. The third-order valence-corrected chi connectivity index (χ3v) is 6.85. The molecule has 35 heavy (non-hydrogen) atoms. The number of sulfonamides is 1. The van der Waals surface area contributed by atoms with Gasteiger partial charge in [0.05, 0.1) is 47.5 Å². The predicted molar refractivity (Wildman–Crippen MR) is 131 cm³/mol. The number of nitrogens with zero attached hydrogens (tertiary/aromatic N) is 6. The van der Waals surface area contributed by atoms with Crippen molar-refractivity contribution in [3.8, 4) is 34.8 Å². The van der Waals surface area contributed by atoms with Crippen molar-refractivity contribution in [3.63, 3.8) is 0 Å². The van der Waals surface area contributed by atoms with Crippen LogP contribution in [-0.4, -0.2) is 34.4 Å². The van der Waals surface area contributed by atoms with Crippen LogP contribution < -0.4 is 4.72 Å². The highest BCUT2D eigenvalue weighted by atomic mass is 32.2. The second-order valence-electron chi connectivity index (χ2n) is 8.82. The maximum Gasteiger partial charge on any atom is 0.229 e. The molecule has 3 aromatic heterocycles. The number of hydrogen-bond donors (Lipinski definition) is 1. The van der Waals surface area contributed by atoms with Gasteiger partial charge in [-0.15, -0.1) is 0 Å². The molecule has 1 aliphatic rings. The molecule has 5 rings (SSSR count). The SMILES string of the molecule is CS(=O)(=O)Nc1ccc(-c2cc3ncccc3c(-c3ccn(C4(CC#N)CC(C#N)C4)n3)n2)cc1. The van der Waals surface area contributed by atoms with Gasteiger partial charge in [0.25, 0.3) is 0 Å². The van der Waals surface area contributed by atoms with Gasteiger partial charge in [-0.05, 0) is 49.2 Å². The fraction of sp³-hybridized carbons (Fsp3) is 0.240. The summed E-state index contributed by atoms with van der Waals surface area (Å²) >= 11 is 0. The highest BCUT2D eigenvalue weighted by Gasteiger charge is 2.46. The first-order valence-electron chi connectivity index (χ1n) is 11.0. The summed E-state index contributed by atoms with van der Waals surface area (Å²) in [4.78, 5) is 9.40. The molecule has 3 heterocycles. The zero-order chi connectivity index (χ0) is 24.6. The Morgan fingerprint density at radius 2 is 1.91 bits per heavy atom.